The molecule has 2 fully saturated rings. The number of nitrogens with one attached hydrogen (secondary N) is 5. The molecule has 25 heteroatoms. The number of carbonyl (C=O) groups is 9. The number of morpholine rings is 1. The van der Waals surface area contributed by atoms with Crippen LogP contribution in [0.4, 0.5) is 0 Å². The number of benzene rings is 2. The van der Waals surface area contributed by atoms with Crippen molar-refractivity contribution in [1.82, 2.24) is 36.4 Å². The van der Waals surface area contributed by atoms with Crippen LogP contribution >= 0.6 is 25.3 Å². The molecule has 2 aliphatic rings. The molecular weight excluding hydrogens is 949 g/mol. The van der Waals surface area contributed by atoms with E-state index in [0.717, 1.165) is 10.5 Å². The third kappa shape index (κ3) is 17.1. The van der Waals surface area contributed by atoms with Crippen LogP contribution in [0.25, 0.3) is 0 Å². The van der Waals surface area contributed by atoms with Crippen molar-refractivity contribution in [3.05, 3.63) is 65.7 Å². The summed E-state index contributed by atoms with van der Waals surface area (Å²) >= 11 is 8.48. The van der Waals surface area contributed by atoms with Gasteiger partial charge < -0.3 is 69.2 Å². The molecule has 2 heterocycles. The number of likely N-dealkylation sites (tertiary alicyclic amines) is 1. The summed E-state index contributed by atoms with van der Waals surface area (Å²) in [5.41, 5.74) is 23.0. The second-order valence-electron chi connectivity index (χ2n) is 16.9. The van der Waals surface area contributed by atoms with E-state index in [9.17, 15) is 48.3 Å². The highest BCUT2D eigenvalue weighted by Gasteiger charge is 2.45. The Labute approximate surface area is 416 Å². The summed E-state index contributed by atoms with van der Waals surface area (Å²) in [4.78, 5) is 127. The summed E-state index contributed by atoms with van der Waals surface area (Å²) in [5.74, 6) is -6.75. The van der Waals surface area contributed by atoms with Crippen molar-refractivity contribution < 1.29 is 53.0 Å². The van der Waals surface area contributed by atoms with Crippen molar-refractivity contribution in [2.24, 2.45) is 27.9 Å². The van der Waals surface area contributed by atoms with Crippen molar-refractivity contribution in [3.8, 4) is 5.75 Å². The van der Waals surface area contributed by atoms with E-state index in [1.165, 1.54) is 24.0 Å². The molecule has 2 aliphatic heterocycles. The number of thiol groups is 2. The summed E-state index contributed by atoms with van der Waals surface area (Å²) in [6, 6.07) is 7.97. The van der Waals surface area contributed by atoms with Crippen LogP contribution in [0.15, 0.2) is 59.6 Å². The standard InChI is InChI=1S/C45H64N12O11S2/c1-25-43(66)57(23-35(68-25)30(19-26-7-3-2-4-8-26)54-40(63)31(52-38(61)15-18-69)20-27-11-13-28(58)14-12-27)34(21-36(46)59)42(65)55-32(24-70)44(67)56-17-6-10-33(56)41(64)53-29(9-5-16-50-45(48)49)39(62)51-22-37(47)60/h2-4,7-8,11-14,25,29-35,58,69-70H,5-6,9-10,15-24H2,1H3,(H2,46,59)(H2,47,60)(H,51,62)(H,52,61)(H,53,64)(H,54,63)(H,55,65)(H4,48,49,50)/t25-,29+,30-,31-,32-,33-,34+,35-/m0/s1. The largest absolute Gasteiger partial charge is 0.508 e. The van der Waals surface area contributed by atoms with E-state index in [4.69, 9.17) is 27.7 Å². The zero-order valence-electron chi connectivity index (χ0n) is 38.8. The Balaban J connectivity index is 1.57. The molecule has 9 amide bonds. The summed E-state index contributed by atoms with van der Waals surface area (Å²) in [6.45, 7) is 0.842. The molecule has 4 rings (SSSR count). The highest BCUT2D eigenvalue weighted by molar-refractivity contribution is 7.80. The Morgan fingerprint density at radius 3 is 2.14 bits per heavy atom. The fourth-order valence-corrected chi connectivity index (χ4v) is 8.54. The Hall–Kier alpha value is -6.60. The molecule has 0 spiro atoms. The minimum Gasteiger partial charge on any atom is -0.508 e. The Bertz CT molecular complexity index is 2200. The van der Waals surface area contributed by atoms with Crippen LogP contribution in [-0.4, -0.2) is 160 Å². The summed E-state index contributed by atoms with van der Waals surface area (Å²) in [5, 5.41) is 23.2. The number of carbonyl (C=O) groups excluding carboxylic acids is 9. The number of phenolic OH excluding ortho intramolecular Hbond substituents is 1. The van der Waals surface area contributed by atoms with Gasteiger partial charge >= 0.3 is 0 Å². The highest BCUT2D eigenvalue weighted by Crippen LogP contribution is 2.24. The molecule has 23 nitrogen and oxygen atoms in total. The molecule has 0 aliphatic carbocycles. The van der Waals surface area contributed by atoms with Crippen molar-refractivity contribution in [1.29, 1.82) is 0 Å². The molecular formula is C45H64N12O11S2. The predicted molar refractivity (Wildman–Crippen MR) is 262 cm³/mol. The molecule has 0 saturated carbocycles. The first-order chi connectivity index (χ1) is 33.3. The number of guanidine groups is 1. The maximum atomic E-state index is 14.3. The number of hydrogen-bond acceptors (Lipinski definition) is 14. The first kappa shape index (κ1) is 56.0. The van der Waals surface area contributed by atoms with Crippen LogP contribution in [0.3, 0.4) is 0 Å². The van der Waals surface area contributed by atoms with Crippen molar-refractivity contribution in [2.75, 3.05) is 37.7 Å². The average molecular weight is 1010 g/mol. The van der Waals surface area contributed by atoms with Gasteiger partial charge in [-0.2, -0.15) is 25.3 Å². The molecule has 0 bridgehead atoms. The number of aliphatic imine (C=N–C) groups is 1. The van der Waals surface area contributed by atoms with E-state index in [-0.39, 0.29) is 81.4 Å². The molecule has 0 aromatic heterocycles. The van der Waals surface area contributed by atoms with Gasteiger partial charge in [-0.1, -0.05) is 42.5 Å². The number of nitrogens with zero attached hydrogens (tertiary/aromatic N) is 3. The molecule has 2 aromatic rings. The predicted octanol–water partition coefficient (Wildman–Crippen LogP) is -3.13. The second-order valence-corrected chi connectivity index (χ2v) is 17.7. The minimum absolute atomic E-state index is 0.0120. The summed E-state index contributed by atoms with van der Waals surface area (Å²) in [6.07, 6.45) is -1.78. The third-order valence-corrected chi connectivity index (χ3v) is 12.1. The molecule has 70 heavy (non-hydrogen) atoms. The topological polar surface area (TPSA) is 366 Å². The van der Waals surface area contributed by atoms with E-state index in [2.05, 4.69) is 56.8 Å². The lowest BCUT2D eigenvalue weighted by Crippen LogP contribution is -2.65. The number of primary amides is 2. The van der Waals surface area contributed by atoms with Gasteiger partial charge in [0.05, 0.1) is 25.1 Å². The molecule has 382 valence electrons. The first-order valence-corrected chi connectivity index (χ1v) is 24.0. The van der Waals surface area contributed by atoms with Crippen LogP contribution in [0, 0.1) is 0 Å². The second kappa shape index (κ2) is 27.6. The van der Waals surface area contributed by atoms with Gasteiger partial charge in [0.2, 0.25) is 47.3 Å². The third-order valence-electron chi connectivity index (χ3n) is 11.6. The molecule has 2 saturated heterocycles. The van der Waals surface area contributed by atoms with Gasteiger partial charge in [-0.3, -0.25) is 48.1 Å². The fourth-order valence-electron chi connectivity index (χ4n) is 8.08. The van der Waals surface area contributed by atoms with Gasteiger partial charge in [0, 0.05) is 38.2 Å². The zero-order chi connectivity index (χ0) is 51.5. The highest BCUT2D eigenvalue weighted by atomic mass is 32.1. The van der Waals surface area contributed by atoms with Gasteiger partial charge in [-0.15, -0.1) is 0 Å². The number of amides is 9. The van der Waals surface area contributed by atoms with Crippen LogP contribution in [0.2, 0.25) is 0 Å². The van der Waals surface area contributed by atoms with Gasteiger partial charge in [0.15, 0.2) is 5.96 Å². The average Bonchev–Trinajstić information content (AvgIpc) is 3.82. The lowest BCUT2D eigenvalue weighted by atomic mass is 9.96. The minimum atomic E-state index is -1.58. The Morgan fingerprint density at radius 2 is 1.51 bits per heavy atom. The van der Waals surface area contributed by atoms with E-state index < -0.39 is 115 Å². The smallest absolute Gasteiger partial charge is 0.252 e. The van der Waals surface area contributed by atoms with Gasteiger partial charge in [0.25, 0.3) is 5.91 Å². The lowest BCUT2D eigenvalue weighted by molar-refractivity contribution is -0.170. The summed E-state index contributed by atoms with van der Waals surface area (Å²) in [7, 11) is 0. The molecule has 0 radical (unpaired) electrons. The normalized spacial score (nSPS) is 18.8. The number of ether oxygens (including phenoxy) is 1. The van der Waals surface area contributed by atoms with Gasteiger partial charge in [-0.25, -0.2) is 0 Å². The van der Waals surface area contributed by atoms with E-state index in [1.54, 1.807) is 24.3 Å². The van der Waals surface area contributed by atoms with Gasteiger partial charge in [0.1, 0.15) is 42.1 Å². The van der Waals surface area contributed by atoms with Gasteiger partial charge in [-0.05, 0) is 68.0 Å². The van der Waals surface area contributed by atoms with Crippen LogP contribution in [-0.2, 0) is 60.7 Å². The van der Waals surface area contributed by atoms with Crippen molar-refractivity contribution >= 4 is 84.4 Å². The Morgan fingerprint density at radius 1 is 0.829 bits per heavy atom. The number of rotatable bonds is 26. The van der Waals surface area contributed by atoms with E-state index in [1.807, 2.05) is 18.2 Å². The summed E-state index contributed by atoms with van der Waals surface area (Å²) < 4.78 is 6.22. The molecule has 0 unspecified atom stereocenters. The molecule has 14 N–H and O–H groups in total. The number of phenols is 1. The molecule has 8 atom stereocenters. The van der Waals surface area contributed by atoms with Crippen molar-refractivity contribution in [3.63, 3.8) is 0 Å². The number of hydrogen-bond donors (Lipinski definition) is 12. The first-order valence-electron chi connectivity index (χ1n) is 22.7. The van der Waals surface area contributed by atoms with E-state index >= 15 is 0 Å². The number of aromatic hydroxyl groups is 1. The number of nitrogens with two attached hydrogens (primary N) is 4. The lowest BCUT2D eigenvalue weighted by Gasteiger charge is -2.43. The van der Waals surface area contributed by atoms with Crippen LogP contribution < -0.4 is 49.5 Å². The van der Waals surface area contributed by atoms with Crippen LogP contribution in [0.5, 0.6) is 5.75 Å². The SMILES string of the molecule is C[C@@H]1O[C@H]([C@H](Cc2ccccc2)NC(=O)[C@H](Cc2ccc(O)cc2)NC(=O)CCS)CN([C@H](CC(N)=O)C(=O)N[C@@H](CS)C(=O)N2CCC[C@H]2C(=O)N[C@H](CCCN=C(N)N)C(=O)NCC(N)=O)C1=O. The van der Waals surface area contributed by atoms with Crippen LogP contribution in [0.1, 0.15) is 56.6 Å². The van der Waals surface area contributed by atoms with E-state index in [0.29, 0.717) is 12.0 Å². The maximum Gasteiger partial charge on any atom is 0.252 e. The fraction of sp³-hybridized carbons (Fsp3) is 0.511. The molecule has 2 aromatic carbocycles. The Kier molecular flexibility index (Phi) is 22.0. The van der Waals surface area contributed by atoms with Crippen molar-refractivity contribution in [2.45, 2.75) is 107 Å². The maximum absolute atomic E-state index is 14.3. The zero-order valence-corrected chi connectivity index (χ0v) is 40.6. The quantitative estimate of drug-likeness (QED) is 0.0192. The monoisotopic (exact) mass is 1010 g/mol.